The number of hydrogen-bond acceptors (Lipinski definition) is 2. The molecule has 1 rings (SSSR count). The highest BCUT2D eigenvalue weighted by Gasteiger charge is 2.41. The van der Waals surface area contributed by atoms with Crippen molar-refractivity contribution >= 4 is 0 Å². The zero-order chi connectivity index (χ0) is 11.0. The fourth-order valence-electron chi connectivity index (χ4n) is 2.11. The highest BCUT2D eigenvalue weighted by atomic mass is 16.5. The average molecular weight is 199 g/mol. The molecule has 2 unspecified atom stereocenters. The van der Waals surface area contributed by atoms with Gasteiger partial charge in [0.1, 0.15) is 0 Å². The van der Waals surface area contributed by atoms with Crippen molar-refractivity contribution in [3.05, 3.63) is 0 Å². The van der Waals surface area contributed by atoms with Gasteiger partial charge in [-0.2, -0.15) is 0 Å². The highest BCUT2D eigenvalue weighted by Crippen LogP contribution is 2.34. The fraction of sp³-hybridized carbons (Fsp3) is 1.00. The lowest BCUT2D eigenvalue weighted by Gasteiger charge is -2.46. The van der Waals surface area contributed by atoms with Gasteiger partial charge in [-0.05, 0) is 10.8 Å². The van der Waals surface area contributed by atoms with E-state index < -0.39 is 0 Å². The van der Waals surface area contributed by atoms with Gasteiger partial charge < -0.3 is 10.1 Å². The van der Waals surface area contributed by atoms with Crippen LogP contribution in [-0.4, -0.2) is 25.3 Å². The standard InChI is InChI=1S/C12H25NO/c1-11(2,3)9-10(12(4,5)6)14-8-7-13-9/h9-10,13H,7-8H2,1-6H3. The van der Waals surface area contributed by atoms with Gasteiger partial charge in [-0.3, -0.25) is 0 Å². The van der Waals surface area contributed by atoms with E-state index in [0.717, 1.165) is 13.2 Å². The summed E-state index contributed by atoms with van der Waals surface area (Å²) in [4.78, 5) is 0. The maximum atomic E-state index is 5.92. The van der Waals surface area contributed by atoms with Crippen LogP contribution in [0.1, 0.15) is 41.5 Å². The van der Waals surface area contributed by atoms with Crippen LogP contribution in [0.4, 0.5) is 0 Å². The Labute approximate surface area is 88.4 Å². The lowest BCUT2D eigenvalue weighted by Crippen LogP contribution is -2.59. The molecular formula is C12H25NO. The molecule has 2 atom stereocenters. The number of nitrogens with one attached hydrogen (secondary N) is 1. The van der Waals surface area contributed by atoms with Crippen LogP contribution in [0.2, 0.25) is 0 Å². The monoisotopic (exact) mass is 199 g/mol. The third-order valence-corrected chi connectivity index (χ3v) is 2.85. The van der Waals surface area contributed by atoms with Crippen LogP contribution in [0.25, 0.3) is 0 Å². The van der Waals surface area contributed by atoms with Crippen molar-refractivity contribution in [2.24, 2.45) is 10.8 Å². The van der Waals surface area contributed by atoms with Crippen LogP contribution >= 0.6 is 0 Å². The second-order valence-corrected chi connectivity index (χ2v) is 6.46. The Hall–Kier alpha value is -0.0800. The van der Waals surface area contributed by atoms with E-state index >= 15 is 0 Å². The summed E-state index contributed by atoms with van der Waals surface area (Å²) in [7, 11) is 0. The molecule has 0 aliphatic carbocycles. The minimum Gasteiger partial charge on any atom is -0.375 e. The van der Waals surface area contributed by atoms with Crippen LogP contribution in [0.3, 0.4) is 0 Å². The second-order valence-electron chi connectivity index (χ2n) is 6.46. The van der Waals surface area contributed by atoms with E-state index in [-0.39, 0.29) is 10.8 Å². The Bertz CT molecular complexity index is 165. The van der Waals surface area contributed by atoms with Crippen LogP contribution in [0.5, 0.6) is 0 Å². The largest absolute Gasteiger partial charge is 0.375 e. The average Bonchev–Trinajstić information content (AvgIpc) is 2.01. The molecule has 2 nitrogen and oxygen atoms in total. The highest BCUT2D eigenvalue weighted by molar-refractivity contribution is 4.95. The molecule has 0 bridgehead atoms. The molecule has 1 fully saturated rings. The van der Waals surface area contributed by atoms with Crippen LogP contribution < -0.4 is 5.32 Å². The van der Waals surface area contributed by atoms with Gasteiger partial charge in [0, 0.05) is 12.6 Å². The molecular weight excluding hydrogens is 174 g/mol. The first-order valence-corrected chi connectivity index (χ1v) is 5.58. The molecule has 0 aromatic heterocycles. The zero-order valence-electron chi connectivity index (χ0n) is 10.5. The Kier molecular flexibility index (Phi) is 3.27. The van der Waals surface area contributed by atoms with Crippen LogP contribution in [-0.2, 0) is 4.74 Å². The third-order valence-electron chi connectivity index (χ3n) is 2.85. The predicted molar refractivity (Wildman–Crippen MR) is 60.4 cm³/mol. The number of hydrogen-bond donors (Lipinski definition) is 1. The van der Waals surface area contributed by atoms with Gasteiger partial charge in [-0.15, -0.1) is 0 Å². The van der Waals surface area contributed by atoms with E-state index in [2.05, 4.69) is 46.9 Å². The van der Waals surface area contributed by atoms with Crippen molar-refractivity contribution in [3.63, 3.8) is 0 Å². The third kappa shape index (κ3) is 2.71. The topological polar surface area (TPSA) is 21.3 Å². The summed E-state index contributed by atoms with van der Waals surface area (Å²) in [6.07, 6.45) is 0.316. The molecule has 1 aliphatic heterocycles. The van der Waals surface area contributed by atoms with Gasteiger partial charge in [-0.25, -0.2) is 0 Å². The summed E-state index contributed by atoms with van der Waals surface area (Å²) in [5.74, 6) is 0. The lowest BCUT2D eigenvalue weighted by atomic mass is 9.74. The molecule has 0 radical (unpaired) electrons. The Morgan fingerprint density at radius 2 is 1.57 bits per heavy atom. The molecule has 1 saturated heterocycles. The van der Waals surface area contributed by atoms with Crippen molar-refractivity contribution in [1.29, 1.82) is 0 Å². The molecule has 0 aromatic carbocycles. The van der Waals surface area contributed by atoms with E-state index in [4.69, 9.17) is 4.74 Å². The second kappa shape index (κ2) is 3.82. The summed E-state index contributed by atoms with van der Waals surface area (Å²) >= 11 is 0. The molecule has 2 heteroatoms. The van der Waals surface area contributed by atoms with Gasteiger partial charge in [0.15, 0.2) is 0 Å². The van der Waals surface area contributed by atoms with Crippen LogP contribution in [0.15, 0.2) is 0 Å². The first-order valence-electron chi connectivity index (χ1n) is 5.58. The van der Waals surface area contributed by atoms with Crippen LogP contribution in [0, 0.1) is 10.8 Å². The predicted octanol–water partition coefficient (Wildman–Crippen LogP) is 2.44. The van der Waals surface area contributed by atoms with Crippen molar-refractivity contribution in [2.45, 2.75) is 53.7 Å². The van der Waals surface area contributed by atoms with E-state index in [1.165, 1.54) is 0 Å². The molecule has 1 N–H and O–H groups in total. The minimum atomic E-state index is 0.214. The molecule has 14 heavy (non-hydrogen) atoms. The van der Waals surface area contributed by atoms with E-state index in [1.807, 2.05) is 0 Å². The van der Waals surface area contributed by atoms with Gasteiger partial charge in [0.2, 0.25) is 0 Å². The zero-order valence-corrected chi connectivity index (χ0v) is 10.5. The molecule has 0 saturated carbocycles. The van der Waals surface area contributed by atoms with Gasteiger partial charge in [0.05, 0.1) is 12.7 Å². The molecule has 1 aliphatic rings. The normalized spacial score (nSPS) is 30.4. The molecule has 0 aromatic rings. The van der Waals surface area contributed by atoms with Gasteiger partial charge >= 0.3 is 0 Å². The van der Waals surface area contributed by atoms with Crippen molar-refractivity contribution in [1.82, 2.24) is 5.32 Å². The SMILES string of the molecule is CC(C)(C)C1NCCOC1C(C)(C)C. The van der Waals surface area contributed by atoms with Gasteiger partial charge in [0.25, 0.3) is 0 Å². The van der Waals surface area contributed by atoms with E-state index in [9.17, 15) is 0 Å². The molecule has 84 valence electrons. The first kappa shape index (κ1) is 12.0. The number of morpholine rings is 1. The number of rotatable bonds is 0. The Balaban J connectivity index is 2.80. The minimum absolute atomic E-state index is 0.214. The van der Waals surface area contributed by atoms with Crippen molar-refractivity contribution in [3.8, 4) is 0 Å². The summed E-state index contributed by atoms with van der Waals surface area (Å²) in [5.41, 5.74) is 0.476. The van der Waals surface area contributed by atoms with Gasteiger partial charge in [-0.1, -0.05) is 41.5 Å². The first-order chi connectivity index (χ1) is 6.23. The molecule has 0 amide bonds. The Morgan fingerprint density at radius 1 is 1.00 bits per heavy atom. The molecule has 0 spiro atoms. The summed E-state index contributed by atoms with van der Waals surface area (Å²) in [5, 5.41) is 3.59. The fourth-order valence-corrected chi connectivity index (χ4v) is 2.11. The maximum absolute atomic E-state index is 5.92. The summed E-state index contributed by atoms with van der Waals surface area (Å²) < 4.78 is 5.92. The number of ether oxygens (including phenoxy) is 1. The lowest BCUT2D eigenvalue weighted by molar-refractivity contribution is -0.0897. The summed E-state index contributed by atoms with van der Waals surface area (Å²) in [6, 6.07) is 0.455. The Morgan fingerprint density at radius 3 is 1.93 bits per heavy atom. The summed E-state index contributed by atoms with van der Waals surface area (Å²) in [6.45, 7) is 15.4. The van der Waals surface area contributed by atoms with Crippen molar-refractivity contribution in [2.75, 3.05) is 13.2 Å². The van der Waals surface area contributed by atoms with E-state index in [1.54, 1.807) is 0 Å². The van der Waals surface area contributed by atoms with Crippen molar-refractivity contribution < 1.29 is 4.74 Å². The molecule has 1 heterocycles. The maximum Gasteiger partial charge on any atom is 0.0781 e. The van der Waals surface area contributed by atoms with E-state index in [0.29, 0.717) is 12.1 Å². The smallest absolute Gasteiger partial charge is 0.0781 e. The quantitative estimate of drug-likeness (QED) is 0.647.